The second kappa shape index (κ2) is 8.19. The van der Waals surface area contributed by atoms with Crippen LogP contribution in [0.25, 0.3) is 0 Å². The van der Waals surface area contributed by atoms with Crippen LogP contribution >= 0.6 is 0 Å². The summed E-state index contributed by atoms with van der Waals surface area (Å²) in [6.45, 7) is 2.64. The Morgan fingerprint density at radius 1 is 1.04 bits per heavy atom. The van der Waals surface area contributed by atoms with Crippen LogP contribution in [0.15, 0.2) is 36.7 Å². The van der Waals surface area contributed by atoms with Gasteiger partial charge in [-0.3, -0.25) is 4.79 Å². The highest BCUT2D eigenvalue weighted by Crippen LogP contribution is 2.39. The van der Waals surface area contributed by atoms with E-state index in [1.807, 2.05) is 36.0 Å². The van der Waals surface area contributed by atoms with E-state index in [1.54, 1.807) is 12.1 Å². The van der Waals surface area contributed by atoms with Gasteiger partial charge in [-0.25, -0.2) is 4.57 Å². The van der Waals surface area contributed by atoms with Gasteiger partial charge in [0.1, 0.15) is 0 Å². The molecule has 0 atom stereocenters. The van der Waals surface area contributed by atoms with Crippen LogP contribution in [-0.4, -0.2) is 27.2 Å². The molecule has 1 heterocycles. The van der Waals surface area contributed by atoms with Crippen LogP contribution in [0.4, 0.5) is 5.69 Å². The molecule has 2 rings (SSSR count). The third kappa shape index (κ3) is 4.38. The summed E-state index contributed by atoms with van der Waals surface area (Å²) in [6.07, 6.45) is 4.29. The number of rotatable bonds is 7. The van der Waals surface area contributed by atoms with Crippen molar-refractivity contribution < 1.29 is 23.6 Å². The molecular weight excluding hydrogens is 308 g/mol. The number of carbonyl (C=O) groups excluding carboxylic acids is 1. The first-order chi connectivity index (χ1) is 11.6. The summed E-state index contributed by atoms with van der Waals surface area (Å²) in [5.41, 5.74) is 1.79. The van der Waals surface area contributed by atoms with E-state index < -0.39 is 0 Å². The molecule has 1 aromatic heterocycles. The molecule has 0 bridgehead atoms. The number of pyridine rings is 1. The number of anilines is 1. The van der Waals surface area contributed by atoms with E-state index in [0.29, 0.717) is 35.9 Å². The van der Waals surface area contributed by atoms with Gasteiger partial charge < -0.3 is 19.5 Å². The molecule has 0 unspecified atom stereocenters. The van der Waals surface area contributed by atoms with Crippen molar-refractivity contribution in [3.8, 4) is 17.2 Å². The predicted octanol–water partition coefficient (Wildman–Crippen LogP) is 2.34. The Morgan fingerprint density at radius 2 is 1.62 bits per heavy atom. The zero-order valence-electron chi connectivity index (χ0n) is 14.5. The smallest absolute Gasteiger partial charge is 0.230 e. The maximum absolute atomic E-state index is 12.2. The summed E-state index contributed by atoms with van der Waals surface area (Å²) in [4.78, 5) is 12.2. The Labute approximate surface area is 142 Å². The van der Waals surface area contributed by atoms with E-state index in [2.05, 4.69) is 5.32 Å². The highest BCUT2D eigenvalue weighted by Gasteiger charge is 2.15. The molecule has 0 fully saturated rings. The molecule has 0 saturated heterocycles. The number of carbonyl (C=O) groups is 1. The minimum absolute atomic E-state index is 0.0858. The standard InChI is InChI=1S/C18H22N2O4/c1-13-5-8-20(9-6-13)10-7-17(21)19-14-11-15(22-2)18(24-4)16(12-14)23-3/h5-6,8-9,11-12H,7,10H2,1-4H3/p+1. The first-order valence-electron chi connectivity index (χ1n) is 7.63. The van der Waals surface area contributed by atoms with Gasteiger partial charge in [-0.05, 0) is 12.5 Å². The molecule has 2 aromatic rings. The Morgan fingerprint density at radius 3 is 2.12 bits per heavy atom. The molecule has 1 aromatic carbocycles. The van der Waals surface area contributed by atoms with Gasteiger partial charge in [-0.1, -0.05) is 0 Å². The SMILES string of the molecule is COc1cc(NC(=O)CC[n+]2ccc(C)cc2)cc(OC)c1OC. The number of benzene rings is 1. The fourth-order valence-corrected chi connectivity index (χ4v) is 2.29. The van der Waals surface area contributed by atoms with Crippen molar-refractivity contribution in [1.82, 2.24) is 0 Å². The fourth-order valence-electron chi connectivity index (χ4n) is 2.29. The molecule has 1 N–H and O–H groups in total. The second-order valence-electron chi connectivity index (χ2n) is 5.33. The normalized spacial score (nSPS) is 10.2. The van der Waals surface area contributed by atoms with Gasteiger partial charge in [0.05, 0.1) is 27.8 Å². The summed E-state index contributed by atoms with van der Waals surface area (Å²) in [5.74, 6) is 1.41. The number of nitrogens with zero attached hydrogens (tertiary/aromatic N) is 1. The average Bonchev–Trinajstić information content (AvgIpc) is 2.60. The molecule has 0 saturated carbocycles. The molecule has 1 amide bonds. The molecule has 0 aliphatic rings. The maximum atomic E-state index is 12.2. The Kier molecular flexibility index (Phi) is 6.01. The number of hydrogen-bond acceptors (Lipinski definition) is 4. The van der Waals surface area contributed by atoms with E-state index in [0.717, 1.165) is 0 Å². The number of ether oxygens (including phenoxy) is 3. The maximum Gasteiger partial charge on any atom is 0.230 e. The molecular formula is C18H23N2O4+. The summed E-state index contributed by atoms with van der Waals surface area (Å²) < 4.78 is 17.8. The lowest BCUT2D eigenvalue weighted by molar-refractivity contribution is -0.695. The lowest BCUT2D eigenvalue weighted by atomic mass is 10.2. The molecule has 0 radical (unpaired) electrons. The number of aromatic nitrogens is 1. The van der Waals surface area contributed by atoms with Crippen molar-refractivity contribution in [2.75, 3.05) is 26.6 Å². The zero-order valence-corrected chi connectivity index (χ0v) is 14.5. The van der Waals surface area contributed by atoms with E-state index >= 15 is 0 Å². The number of nitrogens with one attached hydrogen (secondary N) is 1. The highest BCUT2D eigenvalue weighted by molar-refractivity contribution is 5.91. The summed E-state index contributed by atoms with van der Waals surface area (Å²) in [5, 5.41) is 2.86. The number of methoxy groups -OCH3 is 3. The average molecular weight is 331 g/mol. The van der Waals surface area contributed by atoms with Gasteiger partial charge in [-0.15, -0.1) is 0 Å². The van der Waals surface area contributed by atoms with Crippen LogP contribution in [0.1, 0.15) is 12.0 Å². The van der Waals surface area contributed by atoms with Crippen LogP contribution in [0.5, 0.6) is 17.2 Å². The Hall–Kier alpha value is -2.76. The van der Waals surface area contributed by atoms with Crippen molar-refractivity contribution in [2.45, 2.75) is 19.9 Å². The quantitative estimate of drug-likeness (QED) is 0.791. The van der Waals surface area contributed by atoms with Crippen LogP contribution in [0.2, 0.25) is 0 Å². The van der Waals surface area contributed by atoms with Crippen LogP contribution in [0, 0.1) is 6.92 Å². The van der Waals surface area contributed by atoms with Gasteiger partial charge in [0.25, 0.3) is 0 Å². The largest absolute Gasteiger partial charge is 0.493 e. The molecule has 6 nitrogen and oxygen atoms in total. The fraction of sp³-hybridized carbons (Fsp3) is 0.333. The first-order valence-corrected chi connectivity index (χ1v) is 7.63. The third-order valence-corrected chi connectivity index (χ3v) is 3.60. The second-order valence-corrected chi connectivity index (χ2v) is 5.33. The molecule has 6 heteroatoms. The van der Waals surface area contributed by atoms with Crippen LogP contribution < -0.4 is 24.1 Å². The van der Waals surface area contributed by atoms with E-state index in [-0.39, 0.29) is 5.91 Å². The van der Waals surface area contributed by atoms with Crippen molar-refractivity contribution in [1.29, 1.82) is 0 Å². The summed E-state index contributed by atoms with van der Waals surface area (Å²) in [6, 6.07) is 7.44. The van der Waals surface area contributed by atoms with Gasteiger partial charge in [-0.2, -0.15) is 0 Å². The van der Waals surface area contributed by atoms with Gasteiger partial charge in [0, 0.05) is 30.0 Å². The van der Waals surface area contributed by atoms with Crippen molar-refractivity contribution in [3.05, 3.63) is 42.2 Å². The summed E-state index contributed by atoms with van der Waals surface area (Å²) in [7, 11) is 4.62. The van der Waals surface area contributed by atoms with Crippen molar-refractivity contribution in [2.24, 2.45) is 0 Å². The van der Waals surface area contributed by atoms with E-state index in [1.165, 1.54) is 26.9 Å². The molecule has 0 aliphatic carbocycles. The van der Waals surface area contributed by atoms with Gasteiger partial charge >= 0.3 is 0 Å². The van der Waals surface area contributed by atoms with Gasteiger partial charge in [0.2, 0.25) is 11.7 Å². The lowest BCUT2D eigenvalue weighted by Gasteiger charge is -2.14. The van der Waals surface area contributed by atoms with Crippen molar-refractivity contribution in [3.63, 3.8) is 0 Å². The Bertz CT molecular complexity index is 674. The zero-order chi connectivity index (χ0) is 17.5. The van der Waals surface area contributed by atoms with E-state index in [4.69, 9.17) is 14.2 Å². The molecule has 0 aliphatic heterocycles. The monoisotopic (exact) mass is 331 g/mol. The molecule has 24 heavy (non-hydrogen) atoms. The predicted molar refractivity (Wildman–Crippen MR) is 90.7 cm³/mol. The minimum atomic E-state index is -0.0858. The van der Waals surface area contributed by atoms with Crippen LogP contribution in [-0.2, 0) is 11.3 Å². The van der Waals surface area contributed by atoms with E-state index in [9.17, 15) is 4.79 Å². The number of hydrogen-bond donors (Lipinski definition) is 1. The lowest BCUT2D eigenvalue weighted by Crippen LogP contribution is -2.34. The minimum Gasteiger partial charge on any atom is -0.493 e. The highest BCUT2D eigenvalue weighted by atomic mass is 16.5. The number of aryl methyl sites for hydroxylation is 2. The van der Waals surface area contributed by atoms with Crippen molar-refractivity contribution >= 4 is 11.6 Å². The number of amides is 1. The first kappa shape index (κ1) is 17.6. The third-order valence-electron chi connectivity index (χ3n) is 3.60. The summed E-state index contributed by atoms with van der Waals surface area (Å²) >= 11 is 0. The molecule has 128 valence electrons. The Balaban J connectivity index is 2.04. The molecule has 0 spiro atoms. The van der Waals surface area contributed by atoms with Gasteiger partial charge in [0.15, 0.2) is 30.4 Å². The van der Waals surface area contributed by atoms with Crippen LogP contribution in [0.3, 0.4) is 0 Å². The topological polar surface area (TPSA) is 60.7 Å².